The van der Waals surface area contributed by atoms with Gasteiger partial charge < -0.3 is 15.5 Å². The summed E-state index contributed by atoms with van der Waals surface area (Å²) in [6, 6.07) is 10.4. The third-order valence-electron chi connectivity index (χ3n) is 6.36. The van der Waals surface area contributed by atoms with Gasteiger partial charge in [-0.25, -0.2) is 14.5 Å². The SMILES string of the molecule is Cn1nccc1C(=O)N1CC[C@@]2(CCn3ncnc3[C@@H]2NC(=O)Nc2ccccc2)C1. The van der Waals surface area contributed by atoms with Crippen LogP contribution < -0.4 is 10.6 Å². The summed E-state index contributed by atoms with van der Waals surface area (Å²) in [7, 11) is 1.76. The van der Waals surface area contributed by atoms with E-state index in [9.17, 15) is 9.59 Å². The Morgan fingerprint density at radius 1 is 1.10 bits per heavy atom. The van der Waals surface area contributed by atoms with Gasteiger partial charge in [0.05, 0.1) is 6.04 Å². The average molecular weight is 420 g/mol. The Balaban J connectivity index is 1.39. The van der Waals surface area contributed by atoms with Gasteiger partial charge in [0.1, 0.15) is 17.8 Å². The van der Waals surface area contributed by atoms with Crippen molar-refractivity contribution < 1.29 is 9.59 Å². The summed E-state index contributed by atoms with van der Waals surface area (Å²) in [6.07, 6.45) is 4.72. The predicted octanol–water partition coefficient (Wildman–Crippen LogP) is 1.81. The van der Waals surface area contributed by atoms with Crippen molar-refractivity contribution in [2.75, 3.05) is 18.4 Å². The van der Waals surface area contributed by atoms with Crippen LogP contribution in [0.1, 0.15) is 35.2 Å². The highest BCUT2D eigenvalue weighted by Gasteiger charge is 2.51. The summed E-state index contributed by atoms with van der Waals surface area (Å²) in [4.78, 5) is 32.2. The number of aryl methyl sites for hydroxylation is 2. The molecule has 0 saturated carbocycles. The fraction of sp³-hybridized carbons (Fsp3) is 0.381. The van der Waals surface area contributed by atoms with Crippen molar-refractivity contribution in [2.24, 2.45) is 12.5 Å². The Kier molecular flexibility index (Phi) is 4.68. The van der Waals surface area contributed by atoms with Gasteiger partial charge in [0, 0.05) is 44.0 Å². The molecule has 160 valence electrons. The average Bonchev–Trinajstić information content (AvgIpc) is 3.51. The summed E-state index contributed by atoms with van der Waals surface area (Å²) in [5.41, 5.74) is 0.971. The number of nitrogens with zero attached hydrogens (tertiary/aromatic N) is 6. The van der Waals surface area contributed by atoms with E-state index in [0.717, 1.165) is 18.7 Å². The fourth-order valence-corrected chi connectivity index (χ4v) is 4.71. The molecule has 3 amide bonds. The van der Waals surface area contributed by atoms with E-state index in [2.05, 4.69) is 25.8 Å². The molecule has 2 aliphatic heterocycles. The molecular weight excluding hydrogens is 396 g/mol. The molecule has 0 radical (unpaired) electrons. The molecule has 3 aromatic rings. The molecule has 10 heteroatoms. The lowest BCUT2D eigenvalue weighted by atomic mass is 9.74. The Labute approximate surface area is 179 Å². The monoisotopic (exact) mass is 420 g/mol. The minimum absolute atomic E-state index is 0.0450. The maximum Gasteiger partial charge on any atom is 0.319 e. The molecule has 2 aromatic heterocycles. The molecule has 0 bridgehead atoms. The van der Waals surface area contributed by atoms with Crippen LogP contribution in [0.25, 0.3) is 0 Å². The summed E-state index contributed by atoms with van der Waals surface area (Å²) >= 11 is 0. The molecule has 1 fully saturated rings. The number of carbonyl (C=O) groups excluding carboxylic acids is 2. The number of rotatable bonds is 3. The minimum atomic E-state index is -0.350. The summed E-state index contributed by atoms with van der Waals surface area (Å²) < 4.78 is 3.43. The number of hydrogen-bond acceptors (Lipinski definition) is 5. The molecule has 1 aromatic carbocycles. The molecule has 2 aliphatic rings. The molecule has 2 N–H and O–H groups in total. The van der Waals surface area contributed by atoms with E-state index in [-0.39, 0.29) is 23.4 Å². The van der Waals surface area contributed by atoms with Crippen LogP contribution in [-0.4, -0.2) is 54.5 Å². The largest absolute Gasteiger partial charge is 0.337 e. The van der Waals surface area contributed by atoms with Crippen LogP contribution in [0, 0.1) is 5.41 Å². The van der Waals surface area contributed by atoms with E-state index in [0.29, 0.717) is 31.0 Å². The zero-order chi connectivity index (χ0) is 21.4. The Morgan fingerprint density at radius 2 is 1.90 bits per heavy atom. The number of para-hydroxylation sites is 1. The van der Waals surface area contributed by atoms with Crippen molar-refractivity contribution in [3.8, 4) is 0 Å². The van der Waals surface area contributed by atoms with Crippen molar-refractivity contribution in [2.45, 2.75) is 25.4 Å². The number of amides is 3. The fourth-order valence-electron chi connectivity index (χ4n) is 4.71. The standard InChI is InChI=1S/C21H24N8O2/c1-27-16(7-10-23-27)19(30)28-11-8-21(13-28)9-12-29-18(22-14-24-29)17(21)26-20(31)25-15-5-3-2-4-6-15/h2-7,10,14,17H,8-9,11-13H2,1H3,(H2,25,26,31)/t17-,21+/m0/s1. The zero-order valence-corrected chi connectivity index (χ0v) is 17.2. The van der Waals surface area contributed by atoms with Crippen LogP contribution >= 0.6 is 0 Å². The number of carbonyl (C=O) groups is 2. The molecule has 4 heterocycles. The number of benzene rings is 1. The van der Waals surface area contributed by atoms with Gasteiger partial charge in [0.15, 0.2) is 0 Å². The molecule has 5 rings (SSSR count). The van der Waals surface area contributed by atoms with E-state index in [4.69, 9.17) is 0 Å². The van der Waals surface area contributed by atoms with Crippen LogP contribution in [-0.2, 0) is 13.6 Å². The Hall–Kier alpha value is -3.69. The number of hydrogen-bond donors (Lipinski definition) is 2. The van der Waals surface area contributed by atoms with Crippen molar-refractivity contribution in [1.82, 2.24) is 34.8 Å². The summed E-state index contributed by atoms with van der Waals surface area (Å²) in [5, 5.41) is 14.4. The molecule has 0 unspecified atom stereocenters. The van der Waals surface area contributed by atoms with E-state index in [1.54, 1.807) is 24.0 Å². The van der Waals surface area contributed by atoms with Gasteiger partial charge in [0.25, 0.3) is 5.91 Å². The van der Waals surface area contributed by atoms with Gasteiger partial charge in [0.2, 0.25) is 0 Å². The highest BCUT2D eigenvalue weighted by Crippen LogP contribution is 2.47. The topological polar surface area (TPSA) is 110 Å². The van der Waals surface area contributed by atoms with Gasteiger partial charge in [-0.3, -0.25) is 9.48 Å². The highest BCUT2D eigenvalue weighted by molar-refractivity contribution is 5.93. The van der Waals surface area contributed by atoms with E-state index < -0.39 is 0 Å². The third-order valence-corrected chi connectivity index (χ3v) is 6.36. The second-order valence-corrected chi connectivity index (χ2v) is 8.17. The smallest absolute Gasteiger partial charge is 0.319 e. The first-order valence-corrected chi connectivity index (χ1v) is 10.3. The molecule has 1 saturated heterocycles. The summed E-state index contributed by atoms with van der Waals surface area (Å²) in [6.45, 7) is 1.87. The van der Waals surface area contributed by atoms with Gasteiger partial charge in [-0.1, -0.05) is 18.2 Å². The minimum Gasteiger partial charge on any atom is -0.337 e. The lowest BCUT2D eigenvalue weighted by molar-refractivity contribution is 0.0724. The maximum atomic E-state index is 13.1. The zero-order valence-electron chi connectivity index (χ0n) is 17.2. The second kappa shape index (κ2) is 7.53. The normalized spacial score (nSPS) is 22.4. The van der Waals surface area contributed by atoms with Crippen LogP contribution in [0.2, 0.25) is 0 Å². The lowest BCUT2D eigenvalue weighted by Gasteiger charge is -2.40. The molecule has 0 aliphatic carbocycles. The number of urea groups is 1. The van der Waals surface area contributed by atoms with Gasteiger partial charge in [-0.2, -0.15) is 10.2 Å². The van der Waals surface area contributed by atoms with Gasteiger partial charge in [-0.15, -0.1) is 0 Å². The van der Waals surface area contributed by atoms with Crippen LogP contribution in [0.3, 0.4) is 0 Å². The quantitative estimate of drug-likeness (QED) is 0.672. The molecular formula is C21H24N8O2. The number of anilines is 1. The lowest BCUT2D eigenvalue weighted by Crippen LogP contribution is -2.49. The van der Waals surface area contributed by atoms with E-state index in [1.165, 1.54) is 6.33 Å². The molecule has 1 spiro atoms. The van der Waals surface area contributed by atoms with E-state index in [1.807, 2.05) is 39.9 Å². The summed E-state index contributed by atoms with van der Waals surface area (Å²) in [5.74, 6) is 0.681. The van der Waals surface area contributed by atoms with Gasteiger partial charge >= 0.3 is 6.03 Å². The van der Waals surface area contributed by atoms with Crippen molar-refractivity contribution >= 4 is 17.6 Å². The van der Waals surface area contributed by atoms with E-state index >= 15 is 0 Å². The molecule has 10 nitrogen and oxygen atoms in total. The highest BCUT2D eigenvalue weighted by atomic mass is 16.2. The predicted molar refractivity (Wildman–Crippen MR) is 112 cm³/mol. The second-order valence-electron chi connectivity index (χ2n) is 8.17. The molecule has 2 atom stereocenters. The number of fused-ring (bicyclic) bond motifs is 1. The van der Waals surface area contributed by atoms with Crippen LogP contribution in [0.4, 0.5) is 10.5 Å². The number of nitrogens with one attached hydrogen (secondary N) is 2. The van der Waals surface area contributed by atoms with Crippen molar-refractivity contribution in [3.05, 3.63) is 60.4 Å². The maximum absolute atomic E-state index is 13.1. The van der Waals surface area contributed by atoms with Crippen LogP contribution in [0.5, 0.6) is 0 Å². The Morgan fingerprint density at radius 3 is 2.68 bits per heavy atom. The van der Waals surface area contributed by atoms with Gasteiger partial charge in [-0.05, 0) is 31.0 Å². The first kappa shape index (κ1) is 19.3. The van der Waals surface area contributed by atoms with Crippen molar-refractivity contribution in [3.63, 3.8) is 0 Å². The number of likely N-dealkylation sites (tertiary alicyclic amines) is 1. The first-order valence-electron chi connectivity index (χ1n) is 10.3. The van der Waals surface area contributed by atoms with Crippen molar-refractivity contribution in [1.29, 1.82) is 0 Å². The molecule has 31 heavy (non-hydrogen) atoms. The Bertz CT molecular complexity index is 1110. The van der Waals surface area contributed by atoms with Crippen LogP contribution in [0.15, 0.2) is 48.9 Å². The third kappa shape index (κ3) is 3.43. The number of aromatic nitrogens is 5. The first-order chi connectivity index (χ1) is 15.1.